The average Bonchev–Trinajstić information content (AvgIpc) is 2.51. The molecular weight excluding hydrogens is 226 g/mol. The molecule has 1 aliphatic heterocycles. The lowest BCUT2D eigenvalue weighted by Crippen LogP contribution is -2.46. The van der Waals surface area contributed by atoms with E-state index in [0.29, 0.717) is 6.61 Å². The van der Waals surface area contributed by atoms with Crippen molar-refractivity contribution in [3.8, 4) is 0 Å². The summed E-state index contributed by atoms with van der Waals surface area (Å²) in [5.41, 5.74) is -0.879. The van der Waals surface area contributed by atoms with Crippen molar-refractivity contribution in [1.82, 2.24) is 4.90 Å². The van der Waals surface area contributed by atoms with E-state index in [2.05, 4.69) is 0 Å². The van der Waals surface area contributed by atoms with Gasteiger partial charge in [0.05, 0.1) is 19.3 Å². The van der Waals surface area contributed by atoms with E-state index in [1.54, 1.807) is 20.8 Å². The smallest absolute Gasteiger partial charge is 0.410 e. The van der Waals surface area contributed by atoms with Crippen LogP contribution in [0.15, 0.2) is 12.2 Å². The number of nitrogens with zero attached hydrogens (tertiary/aromatic N) is 1. The molecule has 17 heavy (non-hydrogen) atoms. The van der Waals surface area contributed by atoms with Crippen molar-refractivity contribution in [3.63, 3.8) is 0 Å². The van der Waals surface area contributed by atoms with Gasteiger partial charge >= 0.3 is 12.1 Å². The molecule has 0 spiro atoms. The van der Waals surface area contributed by atoms with Crippen molar-refractivity contribution < 1.29 is 24.2 Å². The van der Waals surface area contributed by atoms with E-state index in [0.717, 1.165) is 0 Å². The van der Waals surface area contributed by atoms with Gasteiger partial charge in [-0.05, 0) is 20.8 Å². The number of carboxylic acid groups (broad SMARTS) is 1. The molecule has 0 bridgehead atoms. The number of carbonyl (C=O) groups excluding carboxylic acids is 1. The molecule has 1 N–H and O–H groups in total. The van der Waals surface area contributed by atoms with Crippen LogP contribution in [0.4, 0.5) is 4.79 Å². The van der Waals surface area contributed by atoms with Crippen LogP contribution in [0.2, 0.25) is 0 Å². The fourth-order valence-electron chi connectivity index (χ4n) is 1.73. The van der Waals surface area contributed by atoms with Crippen molar-refractivity contribution >= 4 is 12.1 Å². The summed E-state index contributed by atoms with van der Waals surface area (Å²) in [4.78, 5) is 23.4. The van der Waals surface area contributed by atoms with E-state index in [4.69, 9.17) is 14.6 Å². The van der Waals surface area contributed by atoms with Crippen LogP contribution < -0.4 is 0 Å². The lowest BCUT2D eigenvalue weighted by atomic mass is 10.2. The molecular formula is C11H17NO5. The SMILES string of the molecule is CCOC(=O)C=CC1COC(C)(C)N1C(=O)O. The minimum absolute atomic E-state index is 0.231. The van der Waals surface area contributed by atoms with Crippen molar-refractivity contribution in [3.05, 3.63) is 12.2 Å². The van der Waals surface area contributed by atoms with Gasteiger partial charge in [0.15, 0.2) is 0 Å². The second-order valence-electron chi connectivity index (χ2n) is 4.09. The highest BCUT2D eigenvalue weighted by Gasteiger charge is 2.42. The second-order valence-corrected chi connectivity index (χ2v) is 4.09. The summed E-state index contributed by atoms with van der Waals surface area (Å²) in [6.45, 7) is 5.56. The Labute approximate surface area is 99.8 Å². The van der Waals surface area contributed by atoms with Gasteiger partial charge in [0.1, 0.15) is 5.72 Å². The van der Waals surface area contributed by atoms with Gasteiger partial charge in [0.2, 0.25) is 0 Å². The summed E-state index contributed by atoms with van der Waals surface area (Å²) in [6, 6.07) is -0.466. The van der Waals surface area contributed by atoms with Gasteiger partial charge in [0.25, 0.3) is 0 Å². The van der Waals surface area contributed by atoms with Crippen LogP contribution in [0.1, 0.15) is 20.8 Å². The first-order valence-corrected chi connectivity index (χ1v) is 5.39. The maximum Gasteiger partial charge on any atom is 0.410 e. The molecule has 1 heterocycles. The van der Waals surface area contributed by atoms with Gasteiger partial charge in [0, 0.05) is 6.08 Å². The summed E-state index contributed by atoms with van der Waals surface area (Å²) < 4.78 is 10.1. The molecule has 1 rings (SSSR count). The molecule has 1 atom stereocenters. The number of carbonyl (C=O) groups is 2. The van der Waals surface area contributed by atoms with Crippen LogP contribution in [0.3, 0.4) is 0 Å². The van der Waals surface area contributed by atoms with Crippen LogP contribution in [0.25, 0.3) is 0 Å². The second kappa shape index (κ2) is 5.18. The summed E-state index contributed by atoms with van der Waals surface area (Å²) in [7, 11) is 0. The Kier molecular flexibility index (Phi) is 4.11. The maximum atomic E-state index is 11.1. The Morgan fingerprint density at radius 1 is 1.59 bits per heavy atom. The predicted octanol–water partition coefficient (Wildman–Crippen LogP) is 1.22. The molecule has 96 valence electrons. The summed E-state index contributed by atoms with van der Waals surface area (Å²) >= 11 is 0. The van der Waals surface area contributed by atoms with Crippen molar-refractivity contribution in [2.75, 3.05) is 13.2 Å². The van der Waals surface area contributed by atoms with Gasteiger partial charge < -0.3 is 14.6 Å². The molecule has 1 unspecified atom stereocenters. The van der Waals surface area contributed by atoms with Gasteiger partial charge in [-0.3, -0.25) is 4.90 Å². The highest BCUT2D eigenvalue weighted by molar-refractivity contribution is 5.82. The zero-order valence-corrected chi connectivity index (χ0v) is 10.2. The molecule has 1 aliphatic rings. The van der Waals surface area contributed by atoms with E-state index >= 15 is 0 Å². The van der Waals surface area contributed by atoms with E-state index in [1.165, 1.54) is 17.1 Å². The molecule has 6 nitrogen and oxygen atoms in total. The monoisotopic (exact) mass is 243 g/mol. The molecule has 0 saturated carbocycles. The third kappa shape index (κ3) is 3.20. The van der Waals surface area contributed by atoms with Crippen molar-refractivity contribution in [2.45, 2.75) is 32.5 Å². The molecule has 0 aromatic carbocycles. The molecule has 1 saturated heterocycles. The Hall–Kier alpha value is -1.56. The third-order valence-electron chi connectivity index (χ3n) is 2.47. The fraction of sp³-hybridized carbons (Fsp3) is 0.636. The first kappa shape index (κ1) is 13.5. The molecule has 1 fully saturated rings. The maximum absolute atomic E-state index is 11.1. The zero-order chi connectivity index (χ0) is 13.1. The Morgan fingerprint density at radius 2 is 2.24 bits per heavy atom. The zero-order valence-electron chi connectivity index (χ0n) is 10.2. The minimum atomic E-state index is -1.08. The number of ether oxygens (including phenoxy) is 2. The lowest BCUT2D eigenvalue weighted by molar-refractivity contribution is -0.137. The van der Waals surface area contributed by atoms with Crippen LogP contribution in [0, 0.1) is 0 Å². The van der Waals surface area contributed by atoms with Gasteiger partial charge in [-0.25, -0.2) is 9.59 Å². The van der Waals surface area contributed by atoms with Gasteiger partial charge in [-0.15, -0.1) is 0 Å². The fourth-order valence-corrected chi connectivity index (χ4v) is 1.73. The van der Waals surface area contributed by atoms with Crippen LogP contribution in [0.5, 0.6) is 0 Å². The number of amides is 1. The number of hydrogen-bond acceptors (Lipinski definition) is 4. The Bertz CT molecular complexity index is 337. The molecule has 6 heteroatoms. The lowest BCUT2D eigenvalue weighted by Gasteiger charge is -2.29. The normalized spacial score (nSPS) is 23.0. The number of hydrogen-bond donors (Lipinski definition) is 1. The highest BCUT2D eigenvalue weighted by atomic mass is 16.5. The minimum Gasteiger partial charge on any atom is -0.465 e. The van der Waals surface area contributed by atoms with E-state index in [1.807, 2.05) is 0 Å². The van der Waals surface area contributed by atoms with Crippen LogP contribution >= 0.6 is 0 Å². The first-order valence-electron chi connectivity index (χ1n) is 5.39. The number of esters is 1. The van der Waals surface area contributed by atoms with Crippen molar-refractivity contribution in [1.29, 1.82) is 0 Å². The third-order valence-corrected chi connectivity index (χ3v) is 2.47. The van der Waals surface area contributed by atoms with Gasteiger partial charge in [-0.2, -0.15) is 0 Å². The van der Waals surface area contributed by atoms with Gasteiger partial charge in [-0.1, -0.05) is 6.08 Å². The quantitative estimate of drug-likeness (QED) is 0.595. The Balaban J connectivity index is 2.72. The average molecular weight is 243 g/mol. The molecule has 0 aliphatic carbocycles. The van der Waals surface area contributed by atoms with E-state index in [9.17, 15) is 9.59 Å². The molecule has 0 aromatic heterocycles. The Morgan fingerprint density at radius 3 is 2.76 bits per heavy atom. The van der Waals surface area contributed by atoms with Crippen LogP contribution in [-0.4, -0.2) is 47.0 Å². The molecule has 1 amide bonds. The molecule has 0 radical (unpaired) electrons. The summed E-state index contributed by atoms with van der Waals surface area (Å²) in [5.74, 6) is -0.484. The number of rotatable bonds is 3. The topological polar surface area (TPSA) is 76.1 Å². The summed E-state index contributed by atoms with van der Waals surface area (Å²) in [6.07, 6.45) is 1.64. The summed E-state index contributed by atoms with van der Waals surface area (Å²) in [5, 5.41) is 9.08. The van der Waals surface area contributed by atoms with E-state index in [-0.39, 0.29) is 6.61 Å². The van der Waals surface area contributed by atoms with Crippen LogP contribution in [-0.2, 0) is 14.3 Å². The standard InChI is InChI=1S/C11H17NO5/c1-4-16-9(13)6-5-8-7-17-11(2,3)12(8)10(14)15/h5-6,8H,4,7H2,1-3H3,(H,14,15). The highest BCUT2D eigenvalue weighted by Crippen LogP contribution is 2.27. The van der Waals surface area contributed by atoms with E-state index < -0.39 is 23.8 Å². The first-order chi connectivity index (χ1) is 7.88. The largest absolute Gasteiger partial charge is 0.465 e. The predicted molar refractivity (Wildman–Crippen MR) is 59.5 cm³/mol. The molecule has 0 aromatic rings. The van der Waals surface area contributed by atoms with Crippen molar-refractivity contribution in [2.24, 2.45) is 0 Å².